The molecule has 0 aliphatic heterocycles. The first-order chi connectivity index (χ1) is 11.4. The van der Waals surface area contributed by atoms with Gasteiger partial charge >= 0.3 is 12.4 Å². The summed E-state index contributed by atoms with van der Waals surface area (Å²) in [5, 5.41) is 0. The van der Waals surface area contributed by atoms with Crippen molar-refractivity contribution in [3.05, 3.63) is 52.3 Å². The number of carbonyl (C=O) groups is 1. The van der Waals surface area contributed by atoms with Gasteiger partial charge < -0.3 is 4.57 Å². The Morgan fingerprint density at radius 3 is 2.04 bits per heavy atom. The van der Waals surface area contributed by atoms with Crippen molar-refractivity contribution in [3.63, 3.8) is 0 Å². The molecule has 0 saturated heterocycles. The molecule has 0 amide bonds. The molecule has 0 radical (unpaired) electrons. The van der Waals surface area contributed by atoms with Gasteiger partial charge in [-0.1, -0.05) is 13.8 Å². The molecule has 2 nitrogen and oxygen atoms in total. The number of carbonyl (C=O) groups excluding carboxylic acids is 1. The zero-order valence-corrected chi connectivity index (χ0v) is 13.6. The lowest BCUT2D eigenvalue weighted by molar-refractivity contribution is -0.141. The molecule has 2 aromatic rings. The highest BCUT2D eigenvalue weighted by molar-refractivity contribution is 5.78. The van der Waals surface area contributed by atoms with E-state index in [1.165, 1.54) is 13.0 Å². The molecule has 0 unspecified atom stereocenters. The van der Waals surface area contributed by atoms with E-state index in [0.717, 1.165) is 4.57 Å². The maximum atomic E-state index is 13.4. The number of halogens is 6. The van der Waals surface area contributed by atoms with Gasteiger partial charge in [-0.15, -0.1) is 0 Å². The molecule has 0 aliphatic rings. The topological polar surface area (TPSA) is 22.0 Å². The van der Waals surface area contributed by atoms with Crippen molar-refractivity contribution in [2.24, 2.45) is 0 Å². The molecule has 0 bridgehead atoms. The lowest BCUT2D eigenvalue weighted by Gasteiger charge is -2.21. The molecule has 0 aliphatic carbocycles. The molecule has 136 valence electrons. The second-order valence-corrected chi connectivity index (χ2v) is 5.95. The molecular formula is C17H15F6NO. The number of aldehydes is 1. The van der Waals surface area contributed by atoms with E-state index in [4.69, 9.17) is 0 Å². The fraction of sp³-hybridized carbons (Fsp3) is 0.353. The zero-order valence-electron chi connectivity index (χ0n) is 13.6. The quantitative estimate of drug-likeness (QED) is 0.502. The maximum Gasteiger partial charge on any atom is 0.418 e. The molecule has 0 fully saturated rings. The van der Waals surface area contributed by atoms with Crippen LogP contribution in [0, 0.1) is 6.92 Å². The van der Waals surface area contributed by atoms with Crippen LogP contribution in [0.1, 0.15) is 52.6 Å². The molecule has 0 N–H and O–H groups in total. The van der Waals surface area contributed by atoms with Crippen molar-refractivity contribution in [1.29, 1.82) is 0 Å². The molecule has 1 aromatic carbocycles. The summed E-state index contributed by atoms with van der Waals surface area (Å²) in [6, 6.07) is 2.69. The van der Waals surface area contributed by atoms with E-state index in [9.17, 15) is 31.1 Å². The van der Waals surface area contributed by atoms with Gasteiger partial charge in [0, 0.05) is 17.0 Å². The Labute approximate surface area is 140 Å². The predicted molar refractivity (Wildman–Crippen MR) is 80.0 cm³/mol. The Hall–Kier alpha value is -2.25. The fourth-order valence-electron chi connectivity index (χ4n) is 2.65. The van der Waals surface area contributed by atoms with Crippen LogP contribution in [0.5, 0.6) is 0 Å². The number of nitrogens with zero attached hydrogens (tertiary/aromatic N) is 1. The number of hydrogen-bond donors (Lipinski definition) is 0. The molecule has 25 heavy (non-hydrogen) atoms. The van der Waals surface area contributed by atoms with Gasteiger partial charge in [0.1, 0.15) is 0 Å². The summed E-state index contributed by atoms with van der Waals surface area (Å²) in [5.74, 6) is -0.303. The third kappa shape index (κ3) is 3.57. The number of aromatic nitrogens is 1. The summed E-state index contributed by atoms with van der Waals surface area (Å²) in [6.07, 6.45) is -9.16. The highest BCUT2D eigenvalue weighted by Gasteiger charge is 2.38. The average molecular weight is 363 g/mol. The highest BCUT2D eigenvalue weighted by atomic mass is 19.4. The fourth-order valence-corrected chi connectivity index (χ4v) is 2.65. The van der Waals surface area contributed by atoms with Gasteiger partial charge in [0.2, 0.25) is 0 Å². The molecule has 0 spiro atoms. The summed E-state index contributed by atoms with van der Waals surface area (Å²) in [6.45, 7) is 4.76. The predicted octanol–water partition coefficient (Wildman–Crippen LogP) is 5.76. The van der Waals surface area contributed by atoms with Crippen LogP contribution in [0.15, 0.2) is 24.3 Å². The lowest BCUT2D eigenvalue weighted by atomic mass is 10.1. The Morgan fingerprint density at radius 1 is 1.00 bits per heavy atom. The van der Waals surface area contributed by atoms with E-state index in [-0.39, 0.29) is 17.2 Å². The van der Waals surface area contributed by atoms with Gasteiger partial charge in [-0.2, -0.15) is 26.3 Å². The molecule has 1 aromatic heterocycles. The van der Waals surface area contributed by atoms with Crippen molar-refractivity contribution in [3.8, 4) is 5.69 Å². The minimum atomic E-state index is -4.84. The summed E-state index contributed by atoms with van der Waals surface area (Å²) in [7, 11) is 0. The summed E-state index contributed by atoms with van der Waals surface area (Å²) in [4.78, 5) is 11.1. The zero-order chi connectivity index (χ0) is 19.2. The second kappa shape index (κ2) is 6.24. The van der Waals surface area contributed by atoms with Crippen molar-refractivity contribution >= 4 is 6.29 Å². The molecule has 0 saturated carbocycles. The minimum absolute atomic E-state index is 0.134. The van der Waals surface area contributed by atoms with Crippen molar-refractivity contribution in [1.82, 2.24) is 4.57 Å². The van der Waals surface area contributed by atoms with Gasteiger partial charge in [-0.05, 0) is 37.1 Å². The van der Waals surface area contributed by atoms with Gasteiger partial charge in [0.05, 0.1) is 16.8 Å². The number of alkyl halides is 6. The van der Waals surface area contributed by atoms with Gasteiger partial charge in [0.25, 0.3) is 0 Å². The smallest absolute Gasteiger partial charge is 0.317 e. The first-order valence-corrected chi connectivity index (χ1v) is 7.34. The van der Waals surface area contributed by atoms with Crippen LogP contribution >= 0.6 is 0 Å². The SMILES string of the molecule is Cc1c(C=O)cc(C(C)C)n1-c1cc(C(F)(F)F)ccc1C(F)(F)F. The third-order valence-electron chi connectivity index (χ3n) is 3.90. The maximum absolute atomic E-state index is 13.4. The van der Waals surface area contributed by atoms with Gasteiger partial charge in [0.15, 0.2) is 6.29 Å². The van der Waals surface area contributed by atoms with Crippen molar-refractivity contribution < 1.29 is 31.1 Å². The molecule has 0 atom stereocenters. The van der Waals surface area contributed by atoms with Crippen molar-refractivity contribution in [2.45, 2.75) is 39.0 Å². The Bertz CT molecular complexity index is 799. The van der Waals surface area contributed by atoms with E-state index in [0.29, 0.717) is 30.2 Å². The van der Waals surface area contributed by atoms with Crippen LogP contribution in [-0.2, 0) is 12.4 Å². The van der Waals surface area contributed by atoms with Crippen LogP contribution in [0.2, 0.25) is 0 Å². The van der Waals surface area contributed by atoms with E-state index < -0.39 is 29.2 Å². The monoisotopic (exact) mass is 363 g/mol. The molecule has 8 heteroatoms. The molecule has 1 heterocycles. The first-order valence-electron chi connectivity index (χ1n) is 7.34. The van der Waals surface area contributed by atoms with Crippen molar-refractivity contribution in [2.75, 3.05) is 0 Å². The molecular weight excluding hydrogens is 348 g/mol. The Balaban J connectivity index is 2.90. The highest BCUT2D eigenvalue weighted by Crippen LogP contribution is 2.40. The number of benzene rings is 1. The Morgan fingerprint density at radius 2 is 1.60 bits per heavy atom. The van der Waals surface area contributed by atoms with E-state index >= 15 is 0 Å². The lowest BCUT2D eigenvalue weighted by Crippen LogP contribution is -2.16. The number of hydrogen-bond acceptors (Lipinski definition) is 1. The largest absolute Gasteiger partial charge is 0.418 e. The van der Waals surface area contributed by atoms with Crippen LogP contribution in [0.3, 0.4) is 0 Å². The van der Waals surface area contributed by atoms with Gasteiger partial charge in [-0.25, -0.2) is 0 Å². The standard InChI is InChI=1S/C17H15F6NO/c1-9(2)14-6-11(8-25)10(3)24(14)15-7-12(16(18,19)20)4-5-13(15)17(21,22)23/h4-9H,1-3H3. The van der Waals surface area contributed by atoms with Crippen LogP contribution in [-0.4, -0.2) is 10.9 Å². The van der Waals surface area contributed by atoms with E-state index in [1.54, 1.807) is 13.8 Å². The average Bonchev–Trinajstić information content (AvgIpc) is 2.81. The Kier molecular flexibility index (Phi) is 4.76. The van der Waals surface area contributed by atoms with Crippen LogP contribution in [0.4, 0.5) is 26.3 Å². The number of rotatable bonds is 3. The summed E-state index contributed by atoms with van der Waals surface area (Å²) in [5.41, 5.74) is -2.41. The summed E-state index contributed by atoms with van der Waals surface area (Å²) < 4.78 is 80.1. The minimum Gasteiger partial charge on any atom is -0.317 e. The van der Waals surface area contributed by atoms with Crippen LogP contribution in [0.25, 0.3) is 5.69 Å². The van der Waals surface area contributed by atoms with Crippen LogP contribution < -0.4 is 0 Å². The normalized spacial score (nSPS) is 12.7. The van der Waals surface area contributed by atoms with E-state index in [2.05, 4.69) is 0 Å². The third-order valence-corrected chi connectivity index (χ3v) is 3.90. The second-order valence-electron chi connectivity index (χ2n) is 5.95. The molecule has 2 rings (SSSR count). The van der Waals surface area contributed by atoms with E-state index in [1.807, 2.05) is 0 Å². The summed E-state index contributed by atoms with van der Waals surface area (Å²) >= 11 is 0. The van der Waals surface area contributed by atoms with Gasteiger partial charge in [-0.3, -0.25) is 4.79 Å². The first kappa shape index (κ1) is 19.1.